The lowest BCUT2D eigenvalue weighted by Crippen LogP contribution is -2.49. The Morgan fingerprint density at radius 2 is 1.89 bits per heavy atom. The van der Waals surface area contributed by atoms with Crippen LogP contribution in [0.25, 0.3) is 0 Å². The van der Waals surface area contributed by atoms with Gasteiger partial charge in [0.1, 0.15) is 18.0 Å². The number of benzene rings is 1. The summed E-state index contributed by atoms with van der Waals surface area (Å²) in [7, 11) is 2.00. The number of carbonyl (C=O) groups is 1. The lowest BCUT2D eigenvalue weighted by Gasteiger charge is -2.38. The van der Waals surface area contributed by atoms with Gasteiger partial charge >= 0.3 is 0 Å². The Bertz CT molecular complexity index is 731. The van der Waals surface area contributed by atoms with E-state index in [0.717, 1.165) is 18.0 Å². The Balaban J connectivity index is 1.38. The number of likely N-dealkylation sites (tertiary alicyclic amines) is 1. The molecular formula is C22H29N3O3. The molecule has 1 N–H and O–H groups in total. The van der Waals surface area contributed by atoms with Crippen LogP contribution in [0.4, 0.5) is 0 Å². The van der Waals surface area contributed by atoms with E-state index in [1.807, 2.05) is 60.5 Å². The van der Waals surface area contributed by atoms with E-state index in [4.69, 9.17) is 4.74 Å². The fourth-order valence-corrected chi connectivity index (χ4v) is 3.34. The third-order valence-electron chi connectivity index (χ3n) is 5.16. The molecule has 3 rings (SSSR count). The van der Waals surface area contributed by atoms with Gasteiger partial charge in [-0.3, -0.25) is 9.78 Å². The van der Waals surface area contributed by atoms with Crippen molar-refractivity contribution in [1.29, 1.82) is 0 Å². The summed E-state index contributed by atoms with van der Waals surface area (Å²) in [5.74, 6) is 0.893. The van der Waals surface area contributed by atoms with Crippen LogP contribution in [-0.2, 0) is 11.3 Å². The fraction of sp³-hybridized carbons (Fsp3) is 0.455. The van der Waals surface area contributed by atoms with Crippen molar-refractivity contribution in [2.75, 3.05) is 33.3 Å². The van der Waals surface area contributed by atoms with Crippen LogP contribution < -0.4 is 4.74 Å². The molecule has 1 saturated heterocycles. The molecule has 28 heavy (non-hydrogen) atoms. The molecule has 6 nitrogen and oxygen atoms in total. The van der Waals surface area contributed by atoms with Crippen molar-refractivity contribution < 1.29 is 14.6 Å². The summed E-state index contributed by atoms with van der Waals surface area (Å²) in [5, 5.41) is 10.7. The van der Waals surface area contributed by atoms with E-state index in [1.165, 1.54) is 0 Å². The maximum absolute atomic E-state index is 12.5. The minimum atomic E-state index is -0.873. The molecule has 1 aliphatic heterocycles. The standard InChI is InChI=1S/C22H29N3O3/c1-24(17-19-7-5-6-13-23-19)14-10-21(26)25-15-11-22(27,12-16-25)18-28-20-8-3-2-4-9-20/h2-9,13,27H,10-12,14-18H2,1H3. The lowest BCUT2D eigenvalue weighted by molar-refractivity contribution is -0.136. The van der Waals surface area contributed by atoms with Crippen molar-refractivity contribution in [2.45, 2.75) is 31.4 Å². The SMILES string of the molecule is CN(CCC(=O)N1CCC(O)(COc2ccccc2)CC1)Cc1ccccn1. The van der Waals surface area contributed by atoms with E-state index in [0.29, 0.717) is 38.9 Å². The Hall–Kier alpha value is -2.44. The van der Waals surface area contributed by atoms with Crippen LogP contribution in [0.3, 0.4) is 0 Å². The van der Waals surface area contributed by atoms with Crippen molar-refractivity contribution in [1.82, 2.24) is 14.8 Å². The summed E-state index contributed by atoms with van der Waals surface area (Å²) in [6, 6.07) is 15.4. The third-order valence-corrected chi connectivity index (χ3v) is 5.16. The highest BCUT2D eigenvalue weighted by Gasteiger charge is 2.34. The second-order valence-corrected chi connectivity index (χ2v) is 7.52. The fourth-order valence-electron chi connectivity index (χ4n) is 3.34. The molecule has 1 amide bonds. The average Bonchev–Trinajstić information content (AvgIpc) is 2.73. The van der Waals surface area contributed by atoms with E-state index < -0.39 is 5.60 Å². The summed E-state index contributed by atoms with van der Waals surface area (Å²) in [6.07, 6.45) is 3.33. The second kappa shape index (κ2) is 9.66. The summed E-state index contributed by atoms with van der Waals surface area (Å²) in [4.78, 5) is 20.8. The van der Waals surface area contributed by atoms with Gasteiger partial charge in [0.25, 0.3) is 0 Å². The molecule has 1 aromatic carbocycles. The van der Waals surface area contributed by atoms with Crippen LogP contribution in [0.5, 0.6) is 5.75 Å². The van der Waals surface area contributed by atoms with Gasteiger partial charge in [0.05, 0.1) is 5.69 Å². The van der Waals surface area contributed by atoms with Crippen molar-refractivity contribution in [3.63, 3.8) is 0 Å². The predicted octanol–water partition coefficient (Wildman–Crippen LogP) is 2.34. The van der Waals surface area contributed by atoms with Crippen LogP contribution in [-0.4, -0.2) is 64.7 Å². The van der Waals surface area contributed by atoms with Crippen molar-refractivity contribution in [3.05, 3.63) is 60.4 Å². The number of amides is 1. The van der Waals surface area contributed by atoms with Gasteiger partial charge in [-0.05, 0) is 44.2 Å². The first-order valence-electron chi connectivity index (χ1n) is 9.81. The van der Waals surface area contributed by atoms with Crippen LogP contribution >= 0.6 is 0 Å². The molecule has 2 aromatic rings. The zero-order chi connectivity index (χ0) is 19.8. The second-order valence-electron chi connectivity index (χ2n) is 7.52. The maximum Gasteiger partial charge on any atom is 0.223 e. The van der Waals surface area contributed by atoms with Crippen molar-refractivity contribution >= 4 is 5.91 Å². The first kappa shape index (κ1) is 20.3. The lowest BCUT2D eigenvalue weighted by atomic mass is 9.92. The molecule has 1 aromatic heterocycles. The van der Waals surface area contributed by atoms with Gasteiger partial charge in [0.2, 0.25) is 5.91 Å². The van der Waals surface area contributed by atoms with Gasteiger partial charge in [0.15, 0.2) is 0 Å². The summed E-state index contributed by atoms with van der Waals surface area (Å²) >= 11 is 0. The number of piperidine rings is 1. The quantitative estimate of drug-likeness (QED) is 0.758. The predicted molar refractivity (Wildman–Crippen MR) is 108 cm³/mol. The Morgan fingerprint density at radius 3 is 2.57 bits per heavy atom. The first-order chi connectivity index (χ1) is 13.5. The van der Waals surface area contributed by atoms with Gasteiger partial charge in [-0.25, -0.2) is 0 Å². The average molecular weight is 383 g/mol. The molecule has 0 atom stereocenters. The molecule has 0 spiro atoms. The number of hydrogen-bond acceptors (Lipinski definition) is 5. The normalized spacial score (nSPS) is 16.2. The number of hydrogen-bond donors (Lipinski definition) is 1. The third kappa shape index (κ3) is 6.04. The number of nitrogens with zero attached hydrogens (tertiary/aromatic N) is 3. The molecule has 0 bridgehead atoms. The van der Waals surface area contributed by atoms with Gasteiger partial charge < -0.3 is 19.6 Å². The number of aromatic nitrogens is 1. The highest BCUT2D eigenvalue weighted by molar-refractivity contribution is 5.76. The number of ether oxygens (including phenoxy) is 1. The molecule has 2 heterocycles. The van der Waals surface area contributed by atoms with Crippen molar-refractivity contribution in [3.8, 4) is 5.75 Å². The summed E-state index contributed by atoms with van der Waals surface area (Å²) in [5.41, 5.74) is 0.126. The van der Waals surface area contributed by atoms with Crippen LogP contribution in [0.1, 0.15) is 25.0 Å². The Kier molecular flexibility index (Phi) is 7.01. The van der Waals surface area contributed by atoms with E-state index in [2.05, 4.69) is 9.88 Å². The van der Waals surface area contributed by atoms with Gasteiger partial charge in [-0.15, -0.1) is 0 Å². The van der Waals surface area contributed by atoms with E-state index in [-0.39, 0.29) is 12.5 Å². The van der Waals surface area contributed by atoms with Crippen LogP contribution in [0.15, 0.2) is 54.7 Å². The molecule has 1 aliphatic rings. The topological polar surface area (TPSA) is 65.9 Å². The van der Waals surface area contributed by atoms with E-state index in [9.17, 15) is 9.90 Å². The molecule has 0 radical (unpaired) electrons. The first-order valence-corrected chi connectivity index (χ1v) is 9.81. The summed E-state index contributed by atoms with van der Waals surface area (Å²) in [6.45, 7) is 2.80. The number of pyridine rings is 1. The van der Waals surface area contributed by atoms with Gasteiger partial charge in [-0.2, -0.15) is 0 Å². The molecular weight excluding hydrogens is 354 g/mol. The molecule has 1 fully saturated rings. The monoisotopic (exact) mass is 383 g/mol. The van der Waals surface area contributed by atoms with Crippen molar-refractivity contribution in [2.24, 2.45) is 0 Å². The van der Waals surface area contributed by atoms with Crippen LogP contribution in [0.2, 0.25) is 0 Å². The number of aliphatic hydroxyl groups is 1. The van der Waals surface area contributed by atoms with E-state index >= 15 is 0 Å². The zero-order valence-corrected chi connectivity index (χ0v) is 16.5. The molecule has 150 valence electrons. The minimum absolute atomic E-state index is 0.138. The molecule has 0 aliphatic carbocycles. The molecule has 0 saturated carbocycles. The number of para-hydroxylation sites is 1. The molecule has 0 unspecified atom stereocenters. The zero-order valence-electron chi connectivity index (χ0n) is 16.5. The Morgan fingerprint density at radius 1 is 1.18 bits per heavy atom. The van der Waals surface area contributed by atoms with Crippen LogP contribution in [0, 0.1) is 0 Å². The Labute approximate surface area is 166 Å². The smallest absolute Gasteiger partial charge is 0.223 e. The maximum atomic E-state index is 12.5. The molecule has 6 heteroatoms. The van der Waals surface area contributed by atoms with Gasteiger partial charge in [0, 0.05) is 38.8 Å². The number of rotatable bonds is 8. The highest BCUT2D eigenvalue weighted by atomic mass is 16.5. The highest BCUT2D eigenvalue weighted by Crippen LogP contribution is 2.24. The largest absolute Gasteiger partial charge is 0.491 e. The number of carbonyl (C=O) groups excluding carboxylic acids is 1. The minimum Gasteiger partial charge on any atom is -0.491 e. The van der Waals surface area contributed by atoms with E-state index in [1.54, 1.807) is 6.20 Å². The summed E-state index contributed by atoms with van der Waals surface area (Å²) < 4.78 is 5.71. The van der Waals surface area contributed by atoms with Gasteiger partial charge in [-0.1, -0.05) is 24.3 Å².